The van der Waals surface area contributed by atoms with Crippen molar-refractivity contribution in [2.24, 2.45) is 23.2 Å². The molecular weight excluding hydrogens is 192 g/mol. The minimum atomic E-state index is 0.764. The highest BCUT2D eigenvalue weighted by Gasteiger charge is 2.46. The van der Waals surface area contributed by atoms with Crippen LogP contribution in [0.5, 0.6) is 0 Å². The van der Waals surface area contributed by atoms with Gasteiger partial charge in [-0.15, -0.1) is 0 Å². The van der Waals surface area contributed by atoms with Crippen molar-refractivity contribution in [3.8, 4) is 0 Å². The predicted octanol–water partition coefficient (Wildman–Crippen LogP) is 5.67. The van der Waals surface area contributed by atoms with E-state index in [1.165, 1.54) is 44.9 Å². The monoisotopic (exact) mass is 224 g/mol. The van der Waals surface area contributed by atoms with Crippen LogP contribution < -0.4 is 0 Å². The van der Waals surface area contributed by atoms with Gasteiger partial charge in [-0.1, -0.05) is 53.9 Å². The molecule has 0 spiro atoms. The average Bonchev–Trinajstić information content (AvgIpc) is 2.94. The summed E-state index contributed by atoms with van der Waals surface area (Å²) in [5.41, 5.74) is 0.764. The van der Waals surface area contributed by atoms with E-state index in [0.717, 1.165) is 23.2 Å². The molecule has 16 heavy (non-hydrogen) atoms. The zero-order valence-electron chi connectivity index (χ0n) is 12.2. The van der Waals surface area contributed by atoms with E-state index in [9.17, 15) is 0 Å². The lowest BCUT2D eigenvalue weighted by Crippen LogP contribution is -2.16. The van der Waals surface area contributed by atoms with Crippen molar-refractivity contribution in [2.75, 3.05) is 0 Å². The Labute approximate surface area is 103 Å². The smallest absolute Gasteiger partial charge is 0.0269 e. The van der Waals surface area contributed by atoms with Crippen molar-refractivity contribution < 1.29 is 0 Å². The van der Waals surface area contributed by atoms with E-state index in [-0.39, 0.29) is 0 Å². The van der Waals surface area contributed by atoms with Crippen LogP contribution in [0, 0.1) is 23.2 Å². The number of hydrogen-bond acceptors (Lipinski definition) is 0. The molecule has 1 fully saturated rings. The zero-order chi connectivity index (χ0) is 12.2. The third-order valence-corrected chi connectivity index (χ3v) is 4.63. The molecule has 1 aliphatic carbocycles. The average molecular weight is 224 g/mol. The molecule has 0 N–H and O–H groups in total. The Bertz CT molecular complexity index is 188. The molecule has 0 aromatic rings. The van der Waals surface area contributed by atoms with Gasteiger partial charge in [-0.3, -0.25) is 0 Å². The van der Waals surface area contributed by atoms with E-state index < -0.39 is 0 Å². The summed E-state index contributed by atoms with van der Waals surface area (Å²) in [6.07, 6.45) is 10.2. The van der Waals surface area contributed by atoms with Gasteiger partial charge in [-0.2, -0.15) is 0 Å². The van der Waals surface area contributed by atoms with E-state index in [4.69, 9.17) is 0 Å². The first-order valence-electron chi connectivity index (χ1n) is 7.50. The molecule has 0 amide bonds. The second-order valence-electron chi connectivity index (χ2n) is 6.83. The van der Waals surface area contributed by atoms with Gasteiger partial charge in [0.1, 0.15) is 0 Å². The van der Waals surface area contributed by atoms with Gasteiger partial charge in [-0.25, -0.2) is 0 Å². The molecule has 0 nitrogen and oxygen atoms in total. The van der Waals surface area contributed by atoms with Crippen LogP contribution >= 0.6 is 0 Å². The molecule has 0 aromatic heterocycles. The fourth-order valence-corrected chi connectivity index (χ4v) is 3.35. The summed E-state index contributed by atoms with van der Waals surface area (Å²) >= 11 is 0. The Kier molecular flexibility index (Phi) is 5.34. The molecule has 2 unspecified atom stereocenters. The third kappa shape index (κ3) is 4.11. The molecule has 96 valence electrons. The Morgan fingerprint density at radius 1 is 0.938 bits per heavy atom. The van der Waals surface area contributed by atoms with Crippen LogP contribution in [0.3, 0.4) is 0 Å². The largest absolute Gasteiger partial charge is 0.0654 e. The first-order valence-corrected chi connectivity index (χ1v) is 7.50. The second kappa shape index (κ2) is 6.07. The highest BCUT2D eigenvalue weighted by molar-refractivity contribution is 4.97. The summed E-state index contributed by atoms with van der Waals surface area (Å²) in [6.45, 7) is 12.0. The van der Waals surface area contributed by atoms with Crippen molar-refractivity contribution in [1.82, 2.24) is 0 Å². The van der Waals surface area contributed by atoms with Gasteiger partial charge >= 0.3 is 0 Å². The summed E-state index contributed by atoms with van der Waals surface area (Å²) in [5.74, 6) is 2.80. The highest BCUT2D eigenvalue weighted by atomic mass is 14.5. The molecule has 0 aromatic carbocycles. The topological polar surface area (TPSA) is 0 Å². The van der Waals surface area contributed by atoms with Crippen LogP contribution in [0.25, 0.3) is 0 Å². The molecule has 0 radical (unpaired) electrons. The summed E-state index contributed by atoms with van der Waals surface area (Å²) in [4.78, 5) is 0. The number of rotatable bonds is 8. The van der Waals surface area contributed by atoms with Crippen LogP contribution in [-0.2, 0) is 0 Å². The summed E-state index contributed by atoms with van der Waals surface area (Å²) in [7, 11) is 0. The van der Waals surface area contributed by atoms with Gasteiger partial charge < -0.3 is 0 Å². The van der Waals surface area contributed by atoms with Gasteiger partial charge in [-0.05, 0) is 48.9 Å². The van der Waals surface area contributed by atoms with Gasteiger partial charge in [0.2, 0.25) is 0 Å². The first kappa shape index (κ1) is 14.1. The summed E-state index contributed by atoms with van der Waals surface area (Å²) in [5, 5.41) is 0. The molecule has 1 saturated carbocycles. The van der Waals surface area contributed by atoms with Crippen molar-refractivity contribution in [3.63, 3.8) is 0 Å². The van der Waals surface area contributed by atoms with E-state index in [2.05, 4.69) is 34.6 Å². The lowest BCUT2D eigenvalue weighted by molar-refractivity contribution is 0.244. The van der Waals surface area contributed by atoms with E-state index in [1.54, 1.807) is 0 Å². The summed E-state index contributed by atoms with van der Waals surface area (Å²) < 4.78 is 0. The van der Waals surface area contributed by atoms with E-state index in [0.29, 0.717) is 0 Å². The van der Waals surface area contributed by atoms with Crippen molar-refractivity contribution in [1.29, 1.82) is 0 Å². The standard InChI is InChI=1S/C16H32/c1-6-7-14(4)8-9-15(5)16(10-11-16)12-13(2)3/h13-15H,6-12H2,1-5H3. The van der Waals surface area contributed by atoms with Crippen molar-refractivity contribution in [2.45, 2.75) is 79.6 Å². The SMILES string of the molecule is CCCC(C)CCC(C)C1(CC(C)C)CC1. The van der Waals surface area contributed by atoms with Crippen LogP contribution in [0.2, 0.25) is 0 Å². The maximum absolute atomic E-state index is 2.51. The lowest BCUT2D eigenvalue weighted by Gasteiger charge is -2.26. The normalized spacial score (nSPS) is 22.1. The van der Waals surface area contributed by atoms with E-state index in [1.807, 2.05) is 0 Å². The maximum atomic E-state index is 2.51. The molecule has 0 aliphatic heterocycles. The van der Waals surface area contributed by atoms with Crippen molar-refractivity contribution in [3.05, 3.63) is 0 Å². The van der Waals surface area contributed by atoms with E-state index >= 15 is 0 Å². The first-order chi connectivity index (χ1) is 7.50. The van der Waals surface area contributed by atoms with Gasteiger partial charge in [0.25, 0.3) is 0 Å². The van der Waals surface area contributed by atoms with Crippen LogP contribution in [0.15, 0.2) is 0 Å². The second-order valence-corrected chi connectivity index (χ2v) is 6.83. The van der Waals surface area contributed by atoms with Crippen molar-refractivity contribution >= 4 is 0 Å². The van der Waals surface area contributed by atoms with Gasteiger partial charge in [0.15, 0.2) is 0 Å². The van der Waals surface area contributed by atoms with Crippen LogP contribution in [0.1, 0.15) is 79.6 Å². The molecule has 0 heteroatoms. The van der Waals surface area contributed by atoms with Gasteiger partial charge in [0.05, 0.1) is 0 Å². The lowest BCUT2D eigenvalue weighted by atomic mass is 9.79. The molecule has 0 heterocycles. The quantitative estimate of drug-likeness (QED) is 0.498. The Morgan fingerprint density at radius 3 is 2.00 bits per heavy atom. The fraction of sp³-hybridized carbons (Fsp3) is 1.00. The minimum absolute atomic E-state index is 0.764. The Balaban J connectivity index is 2.26. The number of hydrogen-bond donors (Lipinski definition) is 0. The predicted molar refractivity (Wildman–Crippen MR) is 73.6 cm³/mol. The molecule has 0 saturated heterocycles. The van der Waals surface area contributed by atoms with Crippen LogP contribution in [-0.4, -0.2) is 0 Å². The molecule has 0 bridgehead atoms. The molecular formula is C16H32. The van der Waals surface area contributed by atoms with Crippen LogP contribution in [0.4, 0.5) is 0 Å². The molecule has 1 rings (SSSR count). The Morgan fingerprint density at radius 2 is 1.56 bits per heavy atom. The minimum Gasteiger partial charge on any atom is -0.0654 e. The highest BCUT2D eigenvalue weighted by Crippen LogP contribution is 2.57. The third-order valence-electron chi connectivity index (χ3n) is 4.63. The van der Waals surface area contributed by atoms with Gasteiger partial charge in [0, 0.05) is 0 Å². The fourth-order valence-electron chi connectivity index (χ4n) is 3.35. The molecule has 1 aliphatic rings. The molecule has 2 atom stereocenters. The summed E-state index contributed by atoms with van der Waals surface area (Å²) in [6, 6.07) is 0. The Hall–Kier alpha value is 0. The maximum Gasteiger partial charge on any atom is -0.0269 e. The zero-order valence-corrected chi connectivity index (χ0v) is 12.2.